The molecule has 0 spiro atoms. The van der Waals surface area contributed by atoms with E-state index in [1.54, 1.807) is 24.3 Å². The Morgan fingerprint density at radius 3 is 2.69 bits per heavy atom. The number of anilines is 1. The lowest BCUT2D eigenvalue weighted by molar-refractivity contribution is -0.119. The minimum atomic E-state index is -3.87. The molecule has 11 heteroatoms. The van der Waals surface area contributed by atoms with E-state index in [4.69, 9.17) is 21.8 Å². The lowest BCUT2D eigenvalue weighted by Crippen LogP contribution is -2.43. The smallest absolute Gasteiger partial charge is 0.286 e. The van der Waals surface area contributed by atoms with Crippen LogP contribution in [0.25, 0.3) is 11.0 Å². The van der Waals surface area contributed by atoms with Gasteiger partial charge in [0, 0.05) is 11.9 Å². The van der Waals surface area contributed by atoms with Crippen molar-refractivity contribution in [3.05, 3.63) is 46.5 Å². The number of primary amides is 1. The summed E-state index contributed by atoms with van der Waals surface area (Å²) in [6.07, 6.45) is 0.886. The van der Waals surface area contributed by atoms with Crippen LogP contribution < -0.4 is 11.1 Å². The van der Waals surface area contributed by atoms with Crippen molar-refractivity contribution in [3.63, 3.8) is 0 Å². The van der Waals surface area contributed by atoms with Gasteiger partial charge in [-0.3, -0.25) is 9.59 Å². The van der Waals surface area contributed by atoms with Crippen molar-refractivity contribution in [1.82, 2.24) is 4.31 Å². The van der Waals surface area contributed by atoms with Gasteiger partial charge in [-0.25, -0.2) is 8.42 Å². The first kappa shape index (κ1) is 19.9. The van der Waals surface area contributed by atoms with Crippen LogP contribution in [0.2, 0.25) is 4.34 Å². The van der Waals surface area contributed by atoms with E-state index in [-0.39, 0.29) is 22.2 Å². The average molecular weight is 454 g/mol. The molecule has 1 fully saturated rings. The van der Waals surface area contributed by atoms with Crippen molar-refractivity contribution in [2.75, 3.05) is 11.9 Å². The van der Waals surface area contributed by atoms with E-state index < -0.39 is 27.9 Å². The molecule has 1 aromatic carbocycles. The van der Waals surface area contributed by atoms with Gasteiger partial charge in [-0.05, 0) is 37.1 Å². The first-order valence-electron chi connectivity index (χ1n) is 8.68. The number of para-hydroxylation sites is 1. The summed E-state index contributed by atoms with van der Waals surface area (Å²) in [4.78, 5) is 24.8. The highest BCUT2D eigenvalue weighted by molar-refractivity contribution is 7.91. The van der Waals surface area contributed by atoms with Crippen molar-refractivity contribution >= 4 is 61.4 Å². The molecule has 2 amide bonds. The molecule has 1 saturated heterocycles. The summed E-state index contributed by atoms with van der Waals surface area (Å²) < 4.78 is 33.0. The van der Waals surface area contributed by atoms with Crippen LogP contribution in [-0.2, 0) is 14.8 Å². The predicted octanol–water partition coefficient (Wildman–Crippen LogP) is 3.04. The number of carbonyl (C=O) groups is 2. The maximum absolute atomic E-state index is 13.0. The zero-order valence-corrected chi connectivity index (χ0v) is 17.3. The molecule has 3 heterocycles. The highest BCUT2D eigenvalue weighted by atomic mass is 35.5. The molecule has 4 rings (SSSR count). The van der Waals surface area contributed by atoms with Crippen LogP contribution >= 0.6 is 22.9 Å². The average Bonchev–Trinajstić information content (AvgIpc) is 3.40. The summed E-state index contributed by atoms with van der Waals surface area (Å²) in [6.45, 7) is 0.213. The Kier molecular flexibility index (Phi) is 5.11. The van der Waals surface area contributed by atoms with E-state index in [9.17, 15) is 18.0 Å². The van der Waals surface area contributed by atoms with Gasteiger partial charge < -0.3 is 15.5 Å². The molecule has 3 N–H and O–H groups in total. The number of nitrogens with two attached hydrogens (primary N) is 1. The lowest BCUT2D eigenvalue weighted by Gasteiger charge is -2.22. The van der Waals surface area contributed by atoms with Crippen LogP contribution in [-0.4, -0.2) is 37.1 Å². The number of thiophene rings is 1. The second-order valence-electron chi connectivity index (χ2n) is 6.49. The fraction of sp³-hybridized carbons (Fsp3) is 0.222. The van der Waals surface area contributed by atoms with Crippen LogP contribution in [0.5, 0.6) is 0 Å². The zero-order valence-electron chi connectivity index (χ0n) is 14.9. The molecule has 8 nitrogen and oxygen atoms in total. The van der Waals surface area contributed by atoms with Crippen LogP contribution in [0.15, 0.2) is 45.0 Å². The van der Waals surface area contributed by atoms with Crippen molar-refractivity contribution in [1.29, 1.82) is 0 Å². The van der Waals surface area contributed by atoms with Gasteiger partial charge in [0.2, 0.25) is 11.7 Å². The SMILES string of the molecule is NC(=O)c1oc2ccccc2c1NC(=O)[C@@H]1CCCN1S(=O)(=O)c1ccc(Cl)s1. The minimum Gasteiger partial charge on any atom is -0.449 e. The number of carbonyl (C=O) groups excluding carboxylic acids is 2. The Labute approximate surface area is 175 Å². The van der Waals surface area contributed by atoms with Crippen molar-refractivity contribution in [2.24, 2.45) is 5.73 Å². The quantitative estimate of drug-likeness (QED) is 0.614. The first-order chi connectivity index (χ1) is 13.8. The maximum Gasteiger partial charge on any atom is 0.286 e. The maximum atomic E-state index is 13.0. The number of halogens is 1. The standard InChI is InChI=1S/C18H16ClN3O5S2/c19-13-7-8-14(28-13)29(25,26)22-9-3-5-11(22)18(24)21-15-10-4-1-2-6-12(10)27-16(15)17(20)23/h1-2,4,6-8,11H,3,5,9H2,(H2,20,23)(H,21,24)/t11-/m0/s1. The first-order valence-corrected chi connectivity index (χ1v) is 11.3. The minimum absolute atomic E-state index is 0.0776. The third-order valence-corrected chi connectivity index (χ3v) is 8.29. The molecule has 29 heavy (non-hydrogen) atoms. The lowest BCUT2D eigenvalue weighted by atomic mass is 10.2. The van der Waals surface area contributed by atoms with Gasteiger partial charge >= 0.3 is 0 Å². The number of nitrogens with one attached hydrogen (secondary N) is 1. The molecular weight excluding hydrogens is 438 g/mol. The fourth-order valence-electron chi connectivity index (χ4n) is 3.39. The Hall–Kier alpha value is -2.40. The van der Waals surface area contributed by atoms with E-state index in [0.717, 1.165) is 15.6 Å². The fourth-order valence-corrected chi connectivity index (χ4v) is 6.66. The molecule has 1 atom stereocenters. The number of furan rings is 1. The van der Waals surface area contributed by atoms with Crippen molar-refractivity contribution < 1.29 is 22.4 Å². The Morgan fingerprint density at radius 2 is 2.00 bits per heavy atom. The summed E-state index contributed by atoms with van der Waals surface area (Å²) >= 11 is 6.81. The van der Waals surface area contributed by atoms with Gasteiger partial charge in [0.1, 0.15) is 21.5 Å². The molecule has 0 radical (unpaired) electrons. The Morgan fingerprint density at radius 1 is 1.24 bits per heavy atom. The Bertz CT molecular complexity index is 1220. The van der Waals surface area contributed by atoms with E-state index in [1.807, 2.05) is 0 Å². The Balaban J connectivity index is 1.66. The molecule has 0 bridgehead atoms. The molecule has 3 aromatic rings. The number of hydrogen-bond acceptors (Lipinski definition) is 6. The number of rotatable bonds is 5. The van der Waals surface area contributed by atoms with Crippen molar-refractivity contribution in [2.45, 2.75) is 23.1 Å². The third kappa shape index (κ3) is 3.52. The van der Waals surface area contributed by atoms with E-state index >= 15 is 0 Å². The van der Waals surface area contributed by atoms with Gasteiger partial charge in [0.25, 0.3) is 15.9 Å². The normalized spacial score (nSPS) is 17.6. The number of nitrogens with zero attached hydrogens (tertiary/aromatic N) is 1. The summed E-state index contributed by atoms with van der Waals surface area (Å²) in [7, 11) is -3.87. The van der Waals surface area contributed by atoms with Gasteiger partial charge in [-0.15, -0.1) is 11.3 Å². The van der Waals surface area contributed by atoms with Crippen molar-refractivity contribution in [3.8, 4) is 0 Å². The molecule has 152 valence electrons. The number of hydrogen-bond donors (Lipinski definition) is 2. The van der Waals surface area contributed by atoms with Gasteiger partial charge in [0.15, 0.2) is 0 Å². The molecule has 0 unspecified atom stereocenters. The van der Waals surface area contributed by atoms with Crippen LogP contribution in [0.4, 0.5) is 5.69 Å². The summed E-state index contributed by atoms with van der Waals surface area (Å²) in [5, 5.41) is 3.16. The third-order valence-electron chi connectivity index (χ3n) is 4.69. The summed E-state index contributed by atoms with van der Waals surface area (Å²) in [6, 6.07) is 8.77. The molecular formula is C18H16ClN3O5S2. The van der Waals surface area contributed by atoms with Crippen LogP contribution in [0, 0.1) is 0 Å². The van der Waals surface area contributed by atoms with Crippen LogP contribution in [0.3, 0.4) is 0 Å². The number of benzene rings is 1. The molecule has 1 aliphatic heterocycles. The molecule has 0 saturated carbocycles. The van der Waals surface area contributed by atoms with Crippen LogP contribution in [0.1, 0.15) is 23.4 Å². The zero-order chi connectivity index (χ0) is 20.8. The summed E-state index contributed by atoms with van der Waals surface area (Å²) in [5.74, 6) is -1.57. The van der Waals surface area contributed by atoms with E-state index in [1.165, 1.54) is 12.1 Å². The number of sulfonamides is 1. The monoisotopic (exact) mass is 453 g/mol. The number of fused-ring (bicyclic) bond motifs is 1. The van der Waals surface area contributed by atoms with E-state index in [0.29, 0.717) is 28.1 Å². The highest BCUT2D eigenvalue weighted by Crippen LogP contribution is 2.34. The van der Waals surface area contributed by atoms with E-state index in [2.05, 4.69) is 5.32 Å². The van der Waals surface area contributed by atoms with Gasteiger partial charge in [-0.2, -0.15) is 4.31 Å². The number of amides is 2. The molecule has 0 aliphatic carbocycles. The molecule has 1 aliphatic rings. The largest absolute Gasteiger partial charge is 0.449 e. The highest BCUT2D eigenvalue weighted by Gasteiger charge is 2.40. The second kappa shape index (κ2) is 7.45. The topological polar surface area (TPSA) is 123 Å². The summed E-state index contributed by atoms with van der Waals surface area (Å²) in [5.41, 5.74) is 5.91. The molecule has 2 aromatic heterocycles. The predicted molar refractivity (Wildman–Crippen MR) is 110 cm³/mol. The van der Waals surface area contributed by atoms with Gasteiger partial charge in [0.05, 0.1) is 4.34 Å². The second-order valence-corrected chi connectivity index (χ2v) is 10.3. The van der Waals surface area contributed by atoms with Gasteiger partial charge in [-0.1, -0.05) is 23.7 Å².